The van der Waals surface area contributed by atoms with Crippen molar-refractivity contribution in [1.82, 2.24) is 9.97 Å². The molecule has 9 heteroatoms. The second-order valence-electron chi connectivity index (χ2n) is 5.10. The van der Waals surface area contributed by atoms with Crippen molar-refractivity contribution in [1.29, 1.82) is 0 Å². The minimum Gasteiger partial charge on any atom is -0.872 e. The fraction of sp³-hybridized carbons (Fsp3) is 0. The Bertz CT molecular complexity index is 1020. The summed E-state index contributed by atoms with van der Waals surface area (Å²) in [5, 5.41) is 27.6. The Kier molecular flexibility index (Phi) is 9.02. The number of hydrogen-bond donors (Lipinski definition) is 0. The number of aromatic nitrogens is 2. The molecule has 0 atom stereocenters. The minimum atomic E-state index is -1.75. The van der Waals surface area contributed by atoms with Crippen molar-refractivity contribution >= 4 is 28.1 Å². The molecule has 4 aromatic rings. The van der Waals surface area contributed by atoms with Crippen LogP contribution < -0.4 is 5.11 Å². The van der Waals surface area contributed by atoms with Crippen LogP contribution in [0.15, 0.2) is 73.1 Å². The van der Waals surface area contributed by atoms with Gasteiger partial charge in [0.1, 0.15) is 6.29 Å². The zero-order valence-corrected chi connectivity index (χ0v) is 15.1. The van der Waals surface area contributed by atoms with E-state index in [9.17, 15) is 9.90 Å². The molecule has 0 saturated heterocycles. The van der Waals surface area contributed by atoms with E-state index in [-0.39, 0.29) is 28.4 Å². The number of fused-ring (bicyclic) bond motifs is 3. The Morgan fingerprint density at radius 2 is 1.25 bits per heavy atom. The van der Waals surface area contributed by atoms with E-state index in [0.717, 1.165) is 21.8 Å². The van der Waals surface area contributed by atoms with E-state index in [2.05, 4.69) is 34.2 Å². The molecule has 0 amide bonds. The number of pyridine rings is 2. The summed E-state index contributed by atoms with van der Waals surface area (Å²) in [5.74, 6) is -0.215. The van der Waals surface area contributed by atoms with Crippen LogP contribution in [0.5, 0.6) is 5.75 Å². The molecule has 0 unspecified atom stereocenters. The van der Waals surface area contributed by atoms with E-state index < -0.39 is 5.09 Å². The van der Waals surface area contributed by atoms with Gasteiger partial charge in [0, 0.05) is 28.7 Å². The Morgan fingerprint density at radius 3 is 1.64 bits per heavy atom. The van der Waals surface area contributed by atoms with Gasteiger partial charge in [-0.2, -0.15) is 0 Å². The molecule has 0 bridgehead atoms. The van der Waals surface area contributed by atoms with Gasteiger partial charge in [-0.1, -0.05) is 54.3 Å². The van der Waals surface area contributed by atoms with Crippen LogP contribution in [0.2, 0.25) is 0 Å². The molecule has 0 saturated carbocycles. The number of rotatable bonds is 1. The molecule has 0 aliphatic rings. The summed E-state index contributed by atoms with van der Waals surface area (Å²) < 4.78 is 0. The molecular formula is C19H13CuN3O5. The van der Waals surface area contributed by atoms with Gasteiger partial charge < -0.3 is 20.4 Å². The summed E-state index contributed by atoms with van der Waals surface area (Å²) in [5.41, 5.74) is 2.17. The predicted octanol–water partition coefficient (Wildman–Crippen LogP) is 3.11. The van der Waals surface area contributed by atoms with Gasteiger partial charge in [0.15, 0.2) is 0 Å². The van der Waals surface area contributed by atoms with Crippen molar-refractivity contribution < 1.29 is 32.1 Å². The molecule has 1 radical (unpaired) electrons. The molecular weight excluding hydrogens is 414 g/mol. The fourth-order valence-corrected chi connectivity index (χ4v) is 2.26. The van der Waals surface area contributed by atoms with E-state index in [4.69, 9.17) is 15.3 Å². The van der Waals surface area contributed by atoms with Gasteiger partial charge in [-0.15, -0.1) is 0 Å². The van der Waals surface area contributed by atoms with Crippen LogP contribution in [0.4, 0.5) is 0 Å². The van der Waals surface area contributed by atoms with Gasteiger partial charge in [-0.3, -0.25) is 14.8 Å². The average Bonchev–Trinajstić information content (AvgIpc) is 2.68. The Balaban J connectivity index is 0.000000244. The van der Waals surface area contributed by atoms with Crippen molar-refractivity contribution in [2.45, 2.75) is 0 Å². The van der Waals surface area contributed by atoms with E-state index in [1.807, 2.05) is 12.1 Å². The predicted molar refractivity (Wildman–Crippen MR) is 98.7 cm³/mol. The SMILES string of the molecule is O=Cc1ccccc1[O-].O=[N+]([O-])[O-].[Cu+2].c1cnc2c(c1)ccc1cccnc12. The van der Waals surface area contributed by atoms with E-state index in [1.165, 1.54) is 12.1 Å². The first kappa shape index (κ1) is 22.5. The van der Waals surface area contributed by atoms with Crippen LogP contribution in [-0.4, -0.2) is 21.3 Å². The Morgan fingerprint density at radius 1 is 0.786 bits per heavy atom. The molecule has 28 heavy (non-hydrogen) atoms. The number of para-hydroxylation sites is 1. The number of carbonyl (C=O) groups is 1. The van der Waals surface area contributed by atoms with E-state index in [1.54, 1.807) is 24.5 Å². The summed E-state index contributed by atoms with van der Waals surface area (Å²) in [7, 11) is 0. The van der Waals surface area contributed by atoms with Crippen LogP contribution in [-0.2, 0) is 17.1 Å². The monoisotopic (exact) mass is 426 g/mol. The van der Waals surface area contributed by atoms with Gasteiger partial charge >= 0.3 is 17.1 Å². The third-order valence-electron chi connectivity index (χ3n) is 3.39. The first-order valence-corrected chi connectivity index (χ1v) is 7.64. The van der Waals surface area contributed by atoms with Gasteiger partial charge in [-0.25, -0.2) is 0 Å². The molecule has 0 aliphatic heterocycles. The second kappa shape index (κ2) is 11.2. The van der Waals surface area contributed by atoms with Gasteiger partial charge in [0.2, 0.25) is 0 Å². The van der Waals surface area contributed by atoms with Gasteiger partial charge in [0.25, 0.3) is 0 Å². The maximum Gasteiger partial charge on any atom is 2.00 e. The van der Waals surface area contributed by atoms with Crippen molar-refractivity contribution in [3.63, 3.8) is 0 Å². The molecule has 145 valence electrons. The van der Waals surface area contributed by atoms with Gasteiger partial charge in [-0.05, 0) is 12.1 Å². The third kappa shape index (κ3) is 6.31. The number of carbonyl (C=O) groups excluding carboxylic acids is 1. The quantitative estimate of drug-likeness (QED) is 0.150. The first-order chi connectivity index (χ1) is 13.0. The third-order valence-corrected chi connectivity index (χ3v) is 3.39. The molecule has 8 nitrogen and oxygen atoms in total. The van der Waals surface area contributed by atoms with E-state index >= 15 is 0 Å². The number of benzene rings is 2. The van der Waals surface area contributed by atoms with Crippen molar-refractivity contribution in [2.75, 3.05) is 0 Å². The maximum absolute atomic E-state index is 10.6. The summed E-state index contributed by atoms with van der Waals surface area (Å²) >= 11 is 0. The number of hydrogen-bond acceptors (Lipinski definition) is 7. The smallest absolute Gasteiger partial charge is 0.872 e. The largest absolute Gasteiger partial charge is 2.00 e. The fourth-order valence-electron chi connectivity index (χ4n) is 2.26. The van der Waals surface area contributed by atoms with E-state index in [0.29, 0.717) is 6.29 Å². The topological polar surface area (TPSA) is 132 Å². The summed E-state index contributed by atoms with van der Waals surface area (Å²) in [6.07, 6.45) is 4.16. The minimum absolute atomic E-state index is 0. The molecule has 0 aliphatic carbocycles. The van der Waals surface area contributed by atoms with Crippen molar-refractivity contribution in [3.05, 3.63) is 93.9 Å². The standard InChI is InChI=1S/C12H8N2.C7H6O2.Cu.NO3/c1-3-9-5-6-10-4-2-8-14-12(10)11(9)13-7-1;8-5-6-3-1-2-4-7(6)9;;2-1(3)4/h1-8H;1-5,9H;;/q;;+2;-1/p-1. The van der Waals surface area contributed by atoms with Crippen molar-refractivity contribution in [3.8, 4) is 5.75 Å². The zero-order chi connectivity index (χ0) is 19.6. The van der Waals surface area contributed by atoms with Crippen LogP contribution in [0.1, 0.15) is 10.4 Å². The van der Waals surface area contributed by atoms with Crippen LogP contribution in [0.25, 0.3) is 21.8 Å². The normalized spacial score (nSPS) is 9.14. The second-order valence-corrected chi connectivity index (χ2v) is 5.10. The van der Waals surface area contributed by atoms with Crippen LogP contribution in [0.3, 0.4) is 0 Å². The Labute approximate surface area is 170 Å². The summed E-state index contributed by atoms with van der Waals surface area (Å²) in [6.45, 7) is 0. The molecule has 0 fully saturated rings. The molecule has 2 aromatic carbocycles. The van der Waals surface area contributed by atoms with Crippen molar-refractivity contribution in [2.24, 2.45) is 0 Å². The molecule has 0 spiro atoms. The van der Waals surface area contributed by atoms with Crippen LogP contribution in [0, 0.1) is 15.3 Å². The zero-order valence-electron chi connectivity index (χ0n) is 14.2. The molecule has 2 heterocycles. The first-order valence-electron chi connectivity index (χ1n) is 7.64. The maximum atomic E-state index is 10.6. The summed E-state index contributed by atoms with van der Waals surface area (Å²) in [6, 6.07) is 18.3. The molecule has 4 rings (SSSR count). The number of aldehydes is 1. The molecule has 2 aromatic heterocycles. The van der Waals surface area contributed by atoms with Gasteiger partial charge in [0.05, 0.1) is 16.1 Å². The average molecular weight is 427 g/mol. The summed E-state index contributed by atoms with van der Waals surface area (Å²) in [4.78, 5) is 27.0. The number of nitrogens with zero attached hydrogens (tertiary/aromatic N) is 3. The molecule has 0 N–H and O–H groups in total. The van der Waals surface area contributed by atoms with Crippen LogP contribution >= 0.6 is 0 Å². The Hall–Kier alpha value is -3.55.